The highest BCUT2D eigenvalue weighted by atomic mass is 14.2. The molecule has 0 atom stereocenters. The van der Waals surface area contributed by atoms with Crippen molar-refractivity contribution in [2.75, 3.05) is 0 Å². The van der Waals surface area contributed by atoms with E-state index in [9.17, 15) is 0 Å². The predicted octanol–water partition coefficient (Wildman–Crippen LogP) is 2.65. The lowest BCUT2D eigenvalue weighted by molar-refractivity contribution is 1.22. The molecule has 0 N–H and O–H groups in total. The van der Waals surface area contributed by atoms with Crippen molar-refractivity contribution in [3.05, 3.63) is 47.5 Å². The molecule has 0 radical (unpaired) electrons. The maximum Gasteiger partial charge on any atom is 0.0199 e. The Bertz CT molecular complexity index is 265. The maximum absolute atomic E-state index is 2.24. The van der Waals surface area contributed by atoms with E-state index in [2.05, 4.69) is 43.3 Å². The standard InChI is InChI=1S/C10H10/c1-8-3-2-4-10(7-8)9-5-6-9/h2-7,9H,1H3. The summed E-state index contributed by atoms with van der Waals surface area (Å²) in [6.07, 6.45) is 4.43. The molecule has 0 fully saturated rings. The Morgan fingerprint density at radius 2 is 2.00 bits per heavy atom. The van der Waals surface area contributed by atoms with Crippen LogP contribution in [0.5, 0.6) is 0 Å². The molecule has 10 heavy (non-hydrogen) atoms. The van der Waals surface area contributed by atoms with Crippen molar-refractivity contribution in [1.82, 2.24) is 0 Å². The topological polar surface area (TPSA) is 0 Å². The minimum Gasteiger partial charge on any atom is -0.0763 e. The van der Waals surface area contributed by atoms with Crippen molar-refractivity contribution in [3.8, 4) is 0 Å². The number of benzene rings is 1. The van der Waals surface area contributed by atoms with Gasteiger partial charge < -0.3 is 0 Å². The molecule has 0 nitrogen and oxygen atoms in total. The highest BCUT2D eigenvalue weighted by molar-refractivity contribution is 5.39. The highest BCUT2D eigenvalue weighted by Gasteiger charge is 2.12. The van der Waals surface area contributed by atoms with Gasteiger partial charge in [-0.25, -0.2) is 0 Å². The molecule has 50 valence electrons. The minimum absolute atomic E-state index is 0.653. The summed E-state index contributed by atoms with van der Waals surface area (Å²) >= 11 is 0. The molecule has 0 saturated heterocycles. The molecule has 1 aromatic carbocycles. The van der Waals surface area contributed by atoms with Gasteiger partial charge in [0.05, 0.1) is 0 Å². The van der Waals surface area contributed by atoms with Crippen LogP contribution in [0, 0.1) is 6.92 Å². The average molecular weight is 130 g/mol. The van der Waals surface area contributed by atoms with Gasteiger partial charge in [0.2, 0.25) is 0 Å². The van der Waals surface area contributed by atoms with Crippen LogP contribution in [0.2, 0.25) is 0 Å². The molecular weight excluding hydrogens is 120 g/mol. The molecule has 2 rings (SSSR count). The van der Waals surface area contributed by atoms with E-state index < -0.39 is 0 Å². The van der Waals surface area contributed by atoms with Crippen molar-refractivity contribution in [1.29, 1.82) is 0 Å². The summed E-state index contributed by atoms with van der Waals surface area (Å²) < 4.78 is 0. The lowest BCUT2D eigenvalue weighted by Gasteiger charge is -1.97. The van der Waals surface area contributed by atoms with Crippen molar-refractivity contribution < 1.29 is 0 Å². The Morgan fingerprint density at radius 1 is 1.20 bits per heavy atom. The smallest absolute Gasteiger partial charge is 0.0199 e. The second kappa shape index (κ2) is 1.98. The lowest BCUT2D eigenvalue weighted by atomic mass is 10.1. The van der Waals surface area contributed by atoms with Gasteiger partial charge in [-0.15, -0.1) is 0 Å². The number of allylic oxidation sites excluding steroid dienone is 2. The number of rotatable bonds is 1. The van der Waals surface area contributed by atoms with Crippen molar-refractivity contribution in [2.45, 2.75) is 12.8 Å². The van der Waals surface area contributed by atoms with Gasteiger partial charge in [-0.1, -0.05) is 42.0 Å². The van der Waals surface area contributed by atoms with Gasteiger partial charge in [-0.2, -0.15) is 0 Å². The summed E-state index contributed by atoms with van der Waals surface area (Å²) in [6, 6.07) is 8.67. The van der Waals surface area contributed by atoms with E-state index in [0.717, 1.165) is 0 Å². The van der Waals surface area contributed by atoms with Gasteiger partial charge in [-0.3, -0.25) is 0 Å². The first-order chi connectivity index (χ1) is 4.86. The summed E-state index contributed by atoms with van der Waals surface area (Å²) in [4.78, 5) is 0. The molecule has 0 bridgehead atoms. The van der Waals surface area contributed by atoms with Crippen LogP contribution in [0.25, 0.3) is 0 Å². The lowest BCUT2D eigenvalue weighted by Crippen LogP contribution is -1.79. The fourth-order valence-corrected chi connectivity index (χ4v) is 1.16. The average Bonchev–Trinajstić information content (AvgIpc) is 2.68. The Labute approximate surface area is 61.2 Å². The number of aryl methyl sites for hydroxylation is 1. The molecular formula is C10H10. The van der Waals surface area contributed by atoms with E-state index in [1.165, 1.54) is 11.1 Å². The molecule has 0 saturated carbocycles. The molecule has 0 unspecified atom stereocenters. The van der Waals surface area contributed by atoms with Crippen molar-refractivity contribution >= 4 is 0 Å². The van der Waals surface area contributed by atoms with Crippen LogP contribution < -0.4 is 0 Å². The molecule has 1 aromatic rings. The molecule has 0 aliphatic heterocycles. The SMILES string of the molecule is Cc1cccc(C2C=C2)c1. The molecule has 0 heteroatoms. The van der Waals surface area contributed by atoms with Crippen LogP contribution >= 0.6 is 0 Å². The molecule has 0 aromatic heterocycles. The fourth-order valence-electron chi connectivity index (χ4n) is 1.16. The quantitative estimate of drug-likeness (QED) is 0.513. The summed E-state index contributed by atoms with van der Waals surface area (Å²) in [5.41, 5.74) is 2.78. The van der Waals surface area contributed by atoms with Gasteiger partial charge in [-0.05, 0) is 12.5 Å². The largest absolute Gasteiger partial charge is 0.0763 e. The zero-order valence-electron chi connectivity index (χ0n) is 6.04. The predicted molar refractivity (Wildman–Crippen MR) is 43.1 cm³/mol. The second-order valence-corrected chi connectivity index (χ2v) is 2.82. The van der Waals surface area contributed by atoms with Gasteiger partial charge in [0.1, 0.15) is 0 Å². The van der Waals surface area contributed by atoms with E-state index in [1.54, 1.807) is 0 Å². The maximum atomic E-state index is 2.24. The van der Waals surface area contributed by atoms with Gasteiger partial charge in [0.25, 0.3) is 0 Å². The van der Waals surface area contributed by atoms with E-state index in [1.807, 2.05) is 0 Å². The molecule has 0 heterocycles. The van der Waals surface area contributed by atoms with Crippen LogP contribution in [0.3, 0.4) is 0 Å². The van der Waals surface area contributed by atoms with Crippen LogP contribution in [-0.2, 0) is 0 Å². The summed E-state index contributed by atoms with van der Waals surface area (Å²) in [7, 11) is 0. The Balaban J connectivity index is 2.33. The van der Waals surface area contributed by atoms with Gasteiger partial charge >= 0.3 is 0 Å². The fraction of sp³-hybridized carbons (Fsp3) is 0.200. The van der Waals surface area contributed by atoms with Gasteiger partial charge in [0, 0.05) is 5.92 Å². The Morgan fingerprint density at radius 3 is 2.60 bits per heavy atom. The second-order valence-electron chi connectivity index (χ2n) is 2.82. The first kappa shape index (κ1) is 5.72. The highest BCUT2D eigenvalue weighted by Crippen LogP contribution is 2.29. The zero-order chi connectivity index (χ0) is 6.97. The van der Waals surface area contributed by atoms with E-state index in [4.69, 9.17) is 0 Å². The summed E-state index contributed by atoms with van der Waals surface area (Å²) in [5, 5.41) is 0. The first-order valence-electron chi connectivity index (χ1n) is 3.61. The minimum atomic E-state index is 0.653. The number of hydrogen-bond acceptors (Lipinski definition) is 0. The molecule has 0 amide bonds. The third-order valence-corrected chi connectivity index (χ3v) is 1.81. The van der Waals surface area contributed by atoms with Crippen molar-refractivity contribution in [2.24, 2.45) is 0 Å². The van der Waals surface area contributed by atoms with Crippen LogP contribution in [0.15, 0.2) is 36.4 Å². The molecule has 1 aliphatic carbocycles. The monoisotopic (exact) mass is 130 g/mol. The summed E-state index contributed by atoms with van der Waals surface area (Å²) in [5.74, 6) is 0.653. The van der Waals surface area contributed by atoms with Gasteiger partial charge in [0.15, 0.2) is 0 Å². The summed E-state index contributed by atoms with van der Waals surface area (Å²) in [6.45, 7) is 2.13. The zero-order valence-corrected chi connectivity index (χ0v) is 6.04. The third-order valence-electron chi connectivity index (χ3n) is 1.81. The van der Waals surface area contributed by atoms with E-state index >= 15 is 0 Å². The Kier molecular flexibility index (Phi) is 1.13. The van der Waals surface area contributed by atoms with Crippen LogP contribution in [0.4, 0.5) is 0 Å². The van der Waals surface area contributed by atoms with Crippen molar-refractivity contribution in [3.63, 3.8) is 0 Å². The van der Waals surface area contributed by atoms with E-state index in [-0.39, 0.29) is 0 Å². The van der Waals surface area contributed by atoms with Crippen LogP contribution in [0.1, 0.15) is 17.0 Å². The normalized spacial score (nSPS) is 15.7. The van der Waals surface area contributed by atoms with E-state index in [0.29, 0.717) is 5.92 Å². The Hall–Kier alpha value is -1.04. The van der Waals surface area contributed by atoms with Crippen LogP contribution in [-0.4, -0.2) is 0 Å². The first-order valence-corrected chi connectivity index (χ1v) is 3.61. The number of hydrogen-bond donors (Lipinski definition) is 0. The molecule has 1 aliphatic rings. The third kappa shape index (κ3) is 0.971. The molecule has 0 spiro atoms.